The summed E-state index contributed by atoms with van der Waals surface area (Å²) in [4.78, 5) is 16.3. The molecule has 5 aromatic heterocycles. The fourth-order valence-corrected chi connectivity index (χ4v) is 9.14. The topological polar surface area (TPSA) is 164 Å². The molecular formula is C34H41N11O2S. The smallest absolute Gasteiger partial charge is 0.246 e. The van der Waals surface area contributed by atoms with Gasteiger partial charge < -0.3 is 24.8 Å². The van der Waals surface area contributed by atoms with Gasteiger partial charge >= 0.3 is 0 Å². The summed E-state index contributed by atoms with van der Waals surface area (Å²) >= 11 is 1.53. The summed E-state index contributed by atoms with van der Waals surface area (Å²) in [5, 5.41) is 28.6. The summed E-state index contributed by atoms with van der Waals surface area (Å²) in [7, 11) is 2.18. The number of aromatic amines is 1. The number of nitrogens with zero attached hydrogens (tertiary/aromatic N) is 9. The maximum Gasteiger partial charge on any atom is 0.246 e. The minimum atomic E-state index is -0.0888. The van der Waals surface area contributed by atoms with Crippen molar-refractivity contribution in [3.8, 4) is 23.5 Å². The Balaban J connectivity index is 1.29. The second-order valence-corrected chi connectivity index (χ2v) is 14.5. The summed E-state index contributed by atoms with van der Waals surface area (Å²) in [6.45, 7) is 9.23. The van der Waals surface area contributed by atoms with E-state index in [1.54, 1.807) is 0 Å². The van der Waals surface area contributed by atoms with E-state index in [1.165, 1.54) is 17.8 Å². The van der Waals surface area contributed by atoms with Crippen molar-refractivity contribution in [1.29, 1.82) is 5.26 Å². The number of nitrogens with two attached hydrogens (primary N) is 1. The van der Waals surface area contributed by atoms with Gasteiger partial charge in [0.2, 0.25) is 5.88 Å². The molecule has 7 heterocycles. The van der Waals surface area contributed by atoms with Crippen LogP contribution in [-0.2, 0) is 19.4 Å². The Morgan fingerprint density at radius 1 is 1.23 bits per heavy atom. The van der Waals surface area contributed by atoms with Gasteiger partial charge in [-0.1, -0.05) is 18.5 Å². The molecule has 8 rings (SSSR count). The molecule has 0 aromatic carbocycles. The van der Waals surface area contributed by atoms with Crippen molar-refractivity contribution >= 4 is 33.2 Å². The van der Waals surface area contributed by atoms with Crippen LogP contribution in [-0.4, -0.2) is 72.8 Å². The number of likely N-dealkylation sites (tertiary alicyclic amines) is 1. The van der Waals surface area contributed by atoms with Gasteiger partial charge in [0, 0.05) is 33.7 Å². The van der Waals surface area contributed by atoms with Crippen molar-refractivity contribution in [2.75, 3.05) is 37.4 Å². The summed E-state index contributed by atoms with van der Waals surface area (Å²) in [5.74, 6) is 2.55. The Labute approximate surface area is 283 Å². The van der Waals surface area contributed by atoms with Gasteiger partial charge in [-0.3, -0.25) is 5.10 Å². The van der Waals surface area contributed by atoms with Crippen molar-refractivity contribution in [1.82, 2.24) is 40.0 Å². The summed E-state index contributed by atoms with van der Waals surface area (Å²) < 4.78 is 14.5. The number of ether oxygens (including phenoxy) is 1. The largest absolute Gasteiger partial charge is 0.474 e. The first-order valence-corrected chi connectivity index (χ1v) is 17.9. The van der Waals surface area contributed by atoms with Crippen LogP contribution in [0.3, 0.4) is 0 Å². The van der Waals surface area contributed by atoms with E-state index in [2.05, 4.69) is 52.1 Å². The first-order chi connectivity index (χ1) is 23.4. The number of thiophene rings is 1. The van der Waals surface area contributed by atoms with E-state index in [1.807, 2.05) is 17.8 Å². The molecule has 3 N–H and O–H groups in total. The average Bonchev–Trinajstić information content (AvgIpc) is 3.90. The molecule has 0 radical (unpaired) electrons. The number of nitriles is 1. The number of likely N-dealkylation sites (N-methyl/N-ethyl adjacent to an activating group) is 1. The van der Waals surface area contributed by atoms with Crippen LogP contribution < -0.4 is 15.4 Å². The van der Waals surface area contributed by atoms with Crippen LogP contribution in [0.2, 0.25) is 0 Å². The van der Waals surface area contributed by atoms with Crippen molar-refractivity contribution in [2.24, 2.45) is 0 Å². The number of rotatable bonds is 8. The highest BCUT2D eigenvalue weighted by Gasteiger charge is 2.37. The molecule has 0 spiro atoms. The van der Waals surface area contributed by atoms with E-state index in [0.717, 1.165) is 94.9 Å². The Hall–Kier alpha value is -4.48. The molecule has 1 fully saturated rings. The van der Waals surface area contributed by atoms with Crippen molar-refractivity contribution in [3.05, 3.63) is 44.8 Å². The van der Waals surface area contributed by atoms with E-state index < -0.39 is 0 Å². The minimum Gasteiger partial charge on any atom is -0.474 e. The van der Waals surface area contributed by atoms with Gasteiger partial charge in [0.15, 0.2) is 17.2 Å². The minimum absolute atomic E-state index is 0.0328. The van der Waals surface area contributed by atoms with E-state index >= 15 is 0 Å². The first-order valence-electron chi connectivity index (χ1n) is 17.1. The second kappa shape index (κ2) is 12.2. The summed E-state index contributed by atoms with van der Waals surface area (Å²) in [5.41, 5.74) is 12.5. The molecule has 2 aliphatic heterocycles. The van der Waals surface area contributed by atoms with Crippen LogP contribution in [0.25, 0.3) is 22.6 Å². The molecule has 0 bridgehead atoms. The molecule has 5 aromatic rings. The number of nitrogens with one attached hydrogen (secondary N) is 1. The van der Waals surface area contributed by atoms with Crippen LogP contribution in [0.4, 0.5) is 10.8 Å². The Bertz CT molecular complexity index is 2030. The SMILES string of the molecule is CCCc1sc(N)c(C#N)c1C1CCCc2c(-c3nc4c5c(nn(CC6CCCN6C)c5n3)OCCN4C(C)c3cn[nH]c3C)noc21. The fraction of sp³-hybridized carbons (Fsp3) is 0.529. The average molecular weight is 668 g/mol. The second-order valence-electron chi connectivity index (χ2n) is 13.4. The van der Waals surface area contributed by atoms with Crippen molar-refractivity contribution in [3.63, 3.8) is 0 Å². The Morgan fingerprint density at radius 2 is 2.10 bits per heavy atom. The lowest BCUT2D eigenvalue weighted by molar-refractivity contribution is 0.269. The maximum absolute atomic E-state index is 10.1. The highest BCUT2D eigenvalue weighted by atomic mass is 32.1. The molecule has 3 aliphatic rings. The molecular weight excluding hydrogens is 627 g/mol. The molecule has 13 nitrogen and oxygen atoms in total. The number of aryl methyl sites for hydroxylation is 2. The summed E-state index contributed by atoms with van der Waals surface area (Å²) in [6, 6.07) is 2.72. The number of H-pyrrole nitrogens is 1. The van der Waals surface area contributed by atoms with Gasteiger partial charge in [-0.25, -0.2) is 14.6 Å². The predicted octanol–water partition coefficient (Wildman–Crippen LogP) is 5.50. The zero-order valence-electron chi connectivity index (χ0n) is 27.9. The third-order valence-electron chi connectivity index (χ3n) is 10.5. The van der Waals surface area contributed by atoms with Crippen LogP contribution in [0.5, 0.6) is 5.88 Å². The number of nitrogen functional groups attached to an aromatic ring is 1. The van der Waals surface area contributed by atoms with Gasteiger partial charge in [0.1, 0.15) is 34.6 Å². The lowest BCUT2D eigenvalue weighted by Gasteiger charge is -2.29. The number of aromatic nitrogens is 7. The highest BCUT2D eigenvalue weighted by molar-refractivity contribution is 7.16. The van der Waals surface area contributed by atoms with Gasteiger partial charge in [-0.05, 0) is 71.5 Å². The van der Waals surface area contributed by atoms with E-state index in [-0.39, 0.29) is 12.0 Å². The van der Waals surface area contributed by atoms with E-state index in [4.69, 9.17) is 30.1 Å². The molecule has 3 atom stereocenters. The number of fused-ring (bicyclic) bond motifs is 1. The van der Waals surface area contributed by atoms with Crippen LogP contribution in [0, 0.1) is 18.3 Å². The monoisotopic (exact) mass is 667 g/mol. The third-order valence-corrected chi connectivity index (χ3v) is 11.6. The van der Waals surface area contributed by atoms with Gasteiger partial charge in [0.25, 0.3) is 0 Å². The van der Waals surface area contributed by atoms with Crippen LogP contribution >= 0.6 is 11.3 Å². The molecule has 48 heavy (non-hydrogen) atoms. The molecule has 0 saturated carbocycles. The van der Waals surface area contributed by atoms with Gasteiger partial charge in [0.05, 0.1) is 30.9 Å². The van der Waals surface area contributed by atoms with Crippen LogP contribution in [0.15, 0.2) is 10.7 Å². The number of hydrogen-bond donors (Lipinski definition) is 2. The van der Waals surface area contributed by atoms with E-state index in [9.17, 15) is 5.26 Å². The molecule has 1 aliphatic carbocycles. The molecule has 0 amide bonds. The lowest BCUT2D eigenvalue weighted by Crippen LogP contribution is -2.32. The maximum atomic E-state index is 10.1. The Kier molecular flexibility index (Phi) is 7.83. The zero-order chi connectivity index (χ0) is 33.1. The first kappa shape index (κ1) is 30.8. The zero-order valence-corrected chi connectivity index (χ0v) is 28.7. The molecule has 14 heteroatoms. The van der Waals surface area contributed by atoms with E-state index in [0.29, 0.717) is 53.7 Å². The highest BCUT2D eigenvalue weighted by Crippen LogP contribution is 2.47. The normalized spacial score (nSPS) is 20.1. The third kappa shape index (κ3) is 4.94. The Morgan fingerprint density at radius 3 is 2.85 bits per heavy atom. The number of hydrogen-bond acceptors (Lipinski definition) is 12. The van der Waals surface area contributed by atoms with Crippen molar-refractivity contribution < 1.29 is 9.26 Å². The molecule has 3 unspecified atom stereocenters. The number of anilines is 2. The van der Waals surface area contributed by atoms with Gasteiger partial charge in [-0.2, -0.15) is 10.4 Å². The van der Waals surface area contributed by atoms with Crippen LogP contribution in [0.1, 0.15) is 96.5 Å². The lowest BCUT2D eigenvalue weighted by atomic mass is 9.81. The molecule has 250 valence electrons. The summed E-state index contributed by atoms with van der Waals surface area (Å²) in [6.07, 6.45) is 8.60. The fourth-order valence-electron chi connectivity index (χ4n) is 7.96. The van der Waals surface area contributed by atoms with Gasteiger partial charge in [-0.15, -0.1) is 16.4 Å². The predicted molar refractivity (Wildman–Crippen MR) is 183 cm³/mol. The standard InChI is InChI=1S/C34H41N11O2S/c1-5-8-25-26(23(15-35)30(36)48-25)21-10-6-11-22-28(42-47-29(21)22)31-38-32-27-33(39-31)45(17-20-9-7-12-43(20)4)41-34(27)46-14-13-44(32)19(3)24-16-37-40-18(24)2/h16,19-21H,5-14,17,36H2,1-4H3,(H,37,40). The quantitative estimate of drug-likeness (QED) is 0.215. The molecule has 1 saturated heterocycles. The van der Waals surface area contributed by atoms with Crippen molar-refractivity contribution in [2.45, 2.75) is 90.3 Å².